The molecular weight excluding hydrogens is 200 g/mol. The number of primary amides is 1. The summed E-state index contributed by atoms with van der Waals surface area (Å²) in [5.74, 6) is -0.441. The first-order valence-corrected chi connectivity index (χ1v) is 4.90. The molecule has 1 radical (unpaired) electrons. The van der Waals surface area contributed by atoms with Crippen molar-refractivity contribution in [2.45, 2.75) is 0 Å². The summed E-state index contributed by atoms with van der Waals surface area (Å²) in [6, 6.07) is 11.4. The number of carbonyl (C=O) groups excluding carboxylic acids is 1. The SMILES string of the molecule is NC(=O)[CH]c1cccc(-c2cccnc2)c1. The van der Waals surface area contributed by atoms with Gasteiger partial charge in [0.25, 0.3) is 0 Å². The standard InChI is InChI=1S/C13H11N2O/c14-13(16)8-10-3-1-4-11(7-10)12-5-2-6-15-9-12/h1-9H,(H2,14,16). The first-order chi connectivity index (χ1) is 7.75. The van der Waals surface area contributed by atoms with Crippen LogP contribution < -0.4 is 5.73 Å². The molecule has 3 heteroatoms. The molecule has 0 unspecified atom stereocenters. The average molecular weight is 211 g/mol. The summed E-state index contributed by atoms with van der Waals surface area (Å²) in [4.78, 5) is 14.8. The van der Waals surface area contributed by atoms with E-state index in [1.165, 1.54) is 6.42 Å². The van der Waals surface area contributed by atoms with Gasteiger partial charge in [-0.15, -0.1) is 0 Å². The largest absolute Gasteiger partial charge is 0.369 e. The van der Waals surface area contributed by atoms with Gasteiger partial charge < -0.3 is 5.73 Å². The first kappa shape index (κ1) is 10.4. The lowest BCUT2D eigenvalue weighted by Crippen LogP contribution is -2.11. The molecule has 0 atom stereocenters. The Morgan fingerprint density at radius 3 is 2.69 bits per heavy atom. The van der Waals surface area contributed by atoms with E-state index in [1.807, 2.05) is 36.4 Å². The molecule has 0 saturated heterocycles. The second kappa shape index (κ2) is 4.57. The number of rotatable bonds is 3. The molecule has 79 valence electrons. The topological polar surface area (TPSA) is 56.0 Å². The highest BCUT2D eigenvalue weighted by atomic mass is 16.1. The molecule has 2 rings (SSSR count). The van der Waals surface area contributed by atoms with Gasteiger partial charge in [0.1, 0.15) is 0 Å². The average Bonchev–Trinajstić information content (AvgIpc) is 2.30. The number of nitrogens with zero attached hydrogens (tertiary/aromatic N) is 1. The molecule has 1 heterocycles. The fourth-order valence-electron chi connectivity index (χ4n) is 1.51. The van der Waals surface area contributed by atoms with Crippen LogP contribution in [0, 0.1) is 6.42 Å². The van der Waals surface area contributed by atoms with Crippen LogP contribution in [0.25, 0.3) is 11.1 Å². The lowest BCUT2D eigenvalue weighted by atomic mass is 10.0. The lowest BCUT2D eigenvalue weighted by molar-refractivity contribution is -0.114. The molecular formula is C13H11N2O. The van der Waals surface area contributed by atoms with E-state index in [1.54, 1.807) is 12.4 Å². The van der Waals surface area contributed by atoms with Crippen LogP contribution in [0.4, 0.5) is 0 Å². The molecule has 0 fully saturated rings. The molecule has 1 aromatic carbocycles. The molecule has 3 nitrogen and oxygen atoms in total. The molecule has 1 aromatic heterocycles. The van der Waals surface area contributed by atoms with Crippen molar-refractivity contribution in [1.82, 2.24) is 4.98 Å². The molecule has 16 heavy (non-hydrogen) atoms. The fourth-order valence-corrected chi connectivity index (χ4v) is 1.51. The van der Waals surface area contributed by atoms with Gasteiger partial charge in [0, 0.05) is 12.4 Å². The van der Waals surface area contributed by atoms with Crippen LogP contribution in [0.5, 0.6) is 0 Å². The van der Waals surface area contributed by atoms with Crippen LogP contribution in [0.3, 0.4) is 0 Å². The fraction of sp³-hybridized carbons (Fsp3) is 0. The zero-order valence-corrected chi connectivity index (χ0v) is 8.63. The Balaban J connectivity index is 2.33. The van der Waals surface area contributed by atoms with E-state index in [9.17, 15) is 4.79 Å². The summed E-state index contributed by atoms with van der Waals surface area (Å²) in [5.41, 5.74) is 7.94. The van der Waals surface area contributed by atoms with Gasteiger partial charge >= 0.3 is 0 Å². The first-order valence-electron chi connectivity index (χ1n) is 4.90. The number of aromatic nitrogens is 1. The number of pyridine rings is 1. The molecule has 1 amide bonds. The highest BCUT2D eigenvalue weighted by Gasteiger charge is 2.02. The number of nitrogens with two attached hydrogens (primary N) is 1. The van der Waals surface area contributed by atoms with Crippen molar-refractivity contribution in [3.8, 4) is 11.1 Å². The second-order valence-corrected chi connectivity index (χ2v) is 3.41. The molecule has 0 saturated carbocycles. The lowest BCUT2D eigenvalue weighted by Gasteiger charge is -2.03. The maximum atomic E-state index is 10.8. The van der Waals surface area contributed by atoms with E-state index in [2.05, 4.69) is 4.98 Å². The Morgan fingerprint density at radius 1 is 1.19 bits per heavy atom. The Hall–Kier alpha value is -2.16. The quantitative estimate of drug-likeness (QED) is 0.841. The van der Waals surface area contributed by atoms with Gasteiger partial charge in [-0.25, -0.2) is 0 Å². The predicted octanol–water partition coefficient (Wildman–Crippen LogP) is 1.79. The minimum Gasteiger partial charge on any atom is -0.369 e. The van der Waals surface area contributed by atoms with Crippen LogP contribution in [0.1, 0.15) is 5.56 Å². The van der Waals surface area contributed by atoms with Crippen molar-refractivity contribution in [2.75, 3.05) is 0 Å². The van der Waals surface area contributed by atoms with Gasteiger partial charge in [-0.3, -0.25) is 9.78 Å². The van der Waals surface area contributed by atoms with Crippen molar-refractivity contribution < 1.29 is 4.79 Å². The van der Waals surface area contributed by atoms with Gasteiger partial charge in [0.15, 0.2) is 0 Å². The minimum atomic E-state index is -0.441. The maximum Gasteiger partial charge on any atom is 0.226 e. The molecule has 0 spiro atoms. The third-order valence-electron chi connectivity index (χ3n) is 2.19. The van der Waals surface area contributed by atoms with E-state index >= 15 is 0 Å². The van der Waals surface area contributed by atoms with E-state index in [-0.39, 0.29) is 0 Å². The summed E-state index contributed by atoms with van der Waals surface area (Å²) < 4.78 is 0. The van der Waals surface area contributed by atoms with Gasteiger partial charge in [-0.2, -0.15) is 0 Å². The predicted molar refractivity (Wildman–Crippen MR) is 62.3 cm³/mol. The highest BCUT2D eigenvalue weighted by molar-refractivity contribution is 5.87. The zero-order chi connectivity index (χ0) is 11.4. The summed E-state index contributed by atoms with van der Waals surface area (Å²) in [6.45, 7) is 0. The normalized spacial score (nSPS) is 10.0. The maximum absolute atomic E-state index is 10.8. The van der Waals surface area contributed by atoms with Gasteiger partial charge in [0.05, 0.1) is 6.42 Å². The number of hydrogen-bond acceptors (Lipinski definition) is 2. The van der Waals surface area contributed by atoms with E-state index in [0.29, 0.717) is 0 Å². The third kappa shape index (κ3) is 2.45. The summed E-state index contributed by atoms with van der Waals surface area (Å²) in [5, 5.41) is 0. The Labute approximate surface area is 93.9 Å². The Kier molecular flexibility index (Phi) is 2.96. The minimum absolute atomic E-state index is 0.441. The van der Waals surface area contributed by atoms with Crippen molar-refractivity contribution >= 4 is 5.91 Å². The van der Waals surface area contributed by atoms with Crippen molar-refractivity contribution in [1.29, 1.82) is 0 Å². The molecule has 0 aliphatic heterocycles. The Morgan fingerprint density at radius 2 is 2.00 bits per heavy atom. The second-order valence-electron chi connectivity index (χ2n) is 3.41. The number of benzene rings is 1. The van der Waals surface area contributed by atoms with Crippen molar-refractivity contribution in [3.63, 3.8) is 0 Å². The van der Waals surface area contributed by atoms with E-state index in [4.69, 9.17) is 5.73 Å². The molecule has 2 N–H and O–H groups in total. The molecule has 0 aliphatic carbocycles. The molecule has 0 bridgehead atoms. The monoisotopic (exact) mass is 211 g/mol. The molecule has 2 aromatic rings. The smallest absolute Gasteiger partial charge is 0.226 e. The van der Waals surface area contributed by atoms with Crippen LogP contribution >= 0.6 is 0 Å². The van der Waals surface area contributed by atoms with Crippen LogP contribution in [-0.2, 0) is 4.79 Å². The summed E-state index contributed by atoms with van der Waals surface area (Å²) in [6.07, 6.45) is 4.91. The van der Waals surface area contributed by atoms with Gasteiger partial charge in [-0.05, 0) is 22.8 Å². The number of amides is 1. The summed E-state index contributed by atoms with van der Waals surface area (Å²) >= 11 is 0. The third-order valence-corrected chi connectivity index (χ3v) is 2.19. The van der Waals surface area contributed by atoms with E-state index in [0.717, 1.165) is 16.7 Å². The van der Waals surface area contributed by atoms with Gasteiger partial charge in [-0.1, -0.05) is 30.3 Å². The van der Waals surface area contributed by atoms with Crippen LogP contribution in [0.2, 0.25) is 0 Å². The Bertz CT molecular complexity index is 494. The van der Waals surface area contributed by atoms with Gasteiger partial charge in [0.2, 0.25) is 5.91 Å². The van der Waals surface area contributed by atoms with Crippen molar-refractivity contribution in [3.05, 3.63) is 60.8 Å². The number of hydrogen-bond donors (Lipinski definition) is 1. The van der Waals surface area contributed by atoms with Crippen LogP contribution in [-0.4, -0.2) is 10.9 Å². The summed E-state index contributed by atoms with van der Waals surface area (Å²) in [7, 11) is 0. The zero-order valence-electron chi connectivity index (χ0n) is 8.63. The molecule has 0 aliphatic rings. The van der Waals surface area contributed by atoms with Crippen LogP contribution in [0.15, 0.2) is 48.8 Å². The van der Waals surface area contributed by atoms with Crippen molar-refractivity contribution in [2.24, 2.45) is 5.73 Å². The van der Waals surface area contributed by atoms with E-state index < -0.39 is 5.91 Å². The number of carbonyl (C=O) groups is 1. The highest BCUT2D eigenvalue weighted by Crippen LogP contribution is 2.19.